The van der Waals surface area contributed by atoms with Crippen molar-refractivity contribution in [2.24, 2.45) is 5.10 Å². The SMILES string of the molecule is O=C(CCc1ccccc1)NN=Cc1ccc(Cl)cc1. The number of hydrazone groups is 1. The van der Waals surface area contributed by atoms with E-state index in [1.807, 2.05) is 42.5 Å². The topological polar surface area (TPSA) is 41.5 Å². The Morgan fingerprint density at radius 3 is 2.50 bits per heavy atom. The monoisotopic (exact) mass is 286 g/mol. The summed E-state index contributed by atoms with van der Waals surface area (Å²) < 4.78 is 0. The van der Waals surface area contributed by atoms with E-state index in [9.17, 15) is 4.79 Å². The second-order valence-electron chi connectivity index (χ2n) is 4.33. The number of carbonyl (C=O) groups excluding carboxylic acids is 1. The molecule has 0 fully saturated rings. The highest BCUT2D eigenvalue weighted by atomic mass is 35.5. The summed E-state index contributed by atoms with van der Waals surface area (Å²) in [6.07, 6.45) is 2.72. The van der Waals surface area contributed by atoms with Gasteiger partial charge >= 0.3 is 0 Å². The molecule has 3 nitrogen and oxygen atoms in total. The third kappa shape index (κ3) is 4.86. The average Bonchev–Trinajstić information content (AvgIpc) is 2.48. The van der Waals surface area contributed by atoms with Crippen molar-refractivity contribution in [1.82, 2.24) is 5.43 Å². The second-order valence-corrected chi connectivity index (χ2v) is 4.77. The molecule has 0 aromatic heterocycles. The van der Waals surface area contributed by atoms with Gasteiger partial charge < -0.3 is 0 Å². The first-order valence-corrected chi connectivity index (χ1v) is 6.73. The number of hydrogen-bond acceptors (Lipinski definition) is 2. The minimum Gasteiger partial charge on any atom is -0.273 e. The molecular formula is C16H15ClN2O. The van der Waals surface area contributed by atoms with Gasteiger partial charge in [-0.15, -0.1) is 0 Å². The van der Waals surface area contributed by atoms with Crippen molar-refractivity contribution in [3.8, 4) is 0 Å². The molecule has 0 spiro atoms. The smallest absolute Gasteiger partial charge is 0.240 e. The van der Waals surface area contributed by atoms with Gasteiger partial charge in [-0.2, -0.15) is 5.10 Å². The Labute approximate surface area is 123 Å². The van der Waals surface area contributed by atoms with Crippen LogP contribution in [0.1, 0.15) is 17.5 Å². The molecule has 1 amide bonds. The highest BCUT2D eigenvalue weighted by Crippen LogP contribution is 2.07. The summed E-state index contributed by atoms with van der Waals surface area (Å²) in [6.45, 7) is 0. The third-order valence-corrected chi connectivity index (χ3v) is 3.01. The molecular weight excluding hydrogens is 272 g/mol. The Balaban J connectivity index is 1.76. The number of nitrogens with zero attached hydrogens (tertiary/aromatic N) is 1. The van der Waals surface area contributed by atoms with Crippen molar-refractivity contribution in [3.05, 3.63) is 70.7 Å². The lowest BCUT2D eigenvalue weighted by Gasteiger charge is -2.00. The molecule has 2 aromatic rings. The minimum absolute atomic E-state index is 0.0981. The van der Waals surface area contributed by atoms with E-state index >= 15 is 0 Å². The number of amides is 1. The zero-order valence-electron chi connectivity index (χ0n) is 10.9. The molecule has 0 saturated carbocycles. The molecule has 4 heteroatoms. The van der Waals surface area contributed by atoms with Crippen LogP contribution < -0.4 is 5.43 Å². The van der Waals surface area contributed by atoms with Gasteiger partial charge in [0, 0.05) is 11.4 Å². The zero-order valence-corrected chi connectivity index (χ0v) is 11.7. The van der Waals surface area contributed by atoms with Crippen LogP contribution in [0.5, 0.6) is 0 Å². The number of nitrogens with one attached hydrogen (secondary N) is 1. The van der Waals surface area contributed by atoms with Gasteiger partial charge in [0.05, 0.1) is 6.21 Å². The lowest BCUT2D eigenvalue weighted by atomic mass is 10.1. The van der Waals surface area contributed by atoms with E-state index in [1.54, 1.807) is 18.3 Å². The minimum atomic E-state index is -0.0981. The molecule has 0 bridgehead atoms. The molecule has 0 aliphatic heterocycles. The van der Waals surface area contributed by atoms with Crippen molar-refractivity contribution < 1.29 is 4.79 Å². The summed E-state index contributed by atoms with van der Waals surface area (Å²) in [6, 6.07) is 17.1. The van der Waals surface area contributed by atoms with E-state index in [0.717, 1.165) is 11.1 Å². The predicted molar refractivity (Wildman–Crippen MR) is 82.0 cm³/mol. The normalized spacial score (nSPS) is 10.7. The van der Waals surface area contributed by atoms with Gasteiger partial charge in [0.25, 0.3) is 0 Å². The van der Waals surface area contributed by atoms with Gasteiger partial charge in [-0.3, -0.25) is 4.79 Å². The fraction of sp³-hybridized carbons (Fsp3) is 0.125. The first-order chi connectivity index (χ1) is 9.74. The van der Waals surface area contributed by atoms with E-state index in [-0.39, 0.29) is 5.91 Å². The van der Waals surface area contributed by atoms with Crippen LogP contribution in [-0.4, -0.2) is 12.1 Å². The number of hydrogen-bond donors (Lipinski definition) is 1. The summed E-state index contributed by atoms with van der Waals surface area (Å²) in [4.78, 5) is 11.6. The Bertz CT molecular complexity index is 579. The summed E-state index contributed by atoms with van der Waals surface area (Å²) in [7, 11) is 0. The summed E-state index contributed by atoms with van der Waals surface area (Å²) in [5.74, 6) is -0.0981. The molecule has 1 N–H and O–H groups in total. The molecule has 2 aromatic carbocycles. The zero-order chi connectivity index (χ0) is 14.2. The summed E-state index contributed by atoms with van der Waals surface area (Å²) in [5, 5.41) is 4.59. The molecule has 0 radical (unpaired) electrons. The quantitative estimate of drug-likeness (QED) is 0.664. The van der Waals surface area contributed by atoms with Crippen LogP contribution in [0.25, 0.3) is 0 Å². The van der Waals surface area contributed by atoms with Gasteiger partial charge in [0.1, 0.15) is 0 Å². The van der Waals surface area contributed by atoms with Gasteiger partial charge in [-0.25, -0.2) is 5.43 Å². The summed E-state index contributed by atoms with van der Waals surface area (Å²) >= 11 is 5.78. The maximum absolute atomic E-state index is 11.6. The first kappa shape index (κ1) is 14.3. The van der Waals surface area contributed by atoms with E-state index < -0.39 is 0 Å². The largest absolute Gasteiger partial charge is 0.273 e. The molecule has 0 aliphatic rings. The van der Waals surface area contributed by atoms with Crippen LogP contribution in [0.3, 0.4) is 0 Å². The van der Waals surface area contributed by atoms with Gasteiger partial charge in [-0.05, 0) is 29.7 Å². The van der Waals surface area contributed by atoms with Crippen molar-refractivity contribution in [1.29, 1.82) is 0 Å². The Morgan fingerprint density at radius 1 is 1.10 bits per heavy atom. The number of aryl methyl sites for hydroxylation is 1. The molecule has 0 heterocycles. The number of benzene rings is 2. The Hall–Kier alpha value is -2.13. The van der Waals surface area contributed by atoms with Crippen LogP contribution in [0.4, 0.5) is 0 Å². The molecule has 0 saturated heterocycles. The molecule has 0 aliphatic carbocycles. The van der Waals surface area contributed by atoms with Crippen LogP contribution in [0.2, 0.25) is 5.02 Å². The van der Waals surface area contributed by atoms with Crippen molar-refractivity contribution >= 4 is 23.7 Å². The maximum atomic E-state index is 11.6. The molecule has 102 valence electrons. The van der Waals surface area contributed by atoms with Gasteiger partial charge in [0.15, 0.2) is 0 Å². The maximum Gasteiger partial charge on any atom is 0.240 e. The van der Waals surface area contributed by atoms with E-state index in [1.165, 1.54) is 0 Å². The van der Waals surface area contributed by atoms with Gasteiger partial charge in [-0.1, -0.05) is 54.1 Å². The van der Waals surface area contributed by atoms with E-state index in [2.05, 4.69) is 10.5 Å². The van der Waals surface area contributed by atoms with Crippen LogP contribution >= 0.6 is 11.6 Å². The Kier molecular flexibility index (Phi) is 5.33. The van der Waals surface area contributed by atoms with Gasteiger partial charge in [0.2, 0.25) is 5.91 Å². The summed E-state index contributed by atoms with van der Waals surface area (Å²) in [5.41, 5.74) is 4.54. The number of rotatable bonds is 5. The lowest BCUT2D eigenvalue weighted by molar-refractivity contribution is -0.121. The van der Waals surface area contributed by atoms with Crippen LogP contribution in [-0.2, 0) is 11.2 Å². The van der Waals surface area contributed by atoms with E-state index in [0.29, 0.717) is 17.9 Å². The molecule has 0 atom stereocenters. The fourth-order valence-corrected chi connectivity index (χ4v) is 1.81. The molecule has 20 heavy (non-hydrogen) atoms. The Morgan fingerprint density at radius 2 is 1.80 bits per heavy atom. The van der Waals surface area contributed by atoms with E-state index in [4.69, 9.17) is 11.6 Å². The molecule has 0 unspecified atom stereocenters. The number of halogens is 1. The molecule has 2 rings (SSSR count). The first-order valence-electron chi connectivity index (χ1n) is 6.35. The van der Waals surface area contributed by atoms with Crippen molar-refractivity contribution in [3.63, 3.8) is 0 Å². The van der Waals surface area contributed by atoms with Crippen molar-refractivity contribution in [2.75, 3.05) is 0 Å². The standard InChI is InChI=1S/C16H15ClN2O/c17-15-9-6-14(7-10-15)12-18-19-16(20)11-8-13-4-2-1-3-5-13/h1-7,9-10,12H,8,11H2,(H,19,20). The highest BCUT2D eigenvalue weighted by molar-refractivity contribution is 6.30. The second kappa shape index (κ2) is 7.46. The van der Waals surface area contributed by atoms with Crippen LogP contribution in [0.15, 0.2) is 59.7 Å². The van der Waals surface area contributed by atoms with Crippen molar-refractivity contribution in [2.45, 2.75) is 12.8 Å². The lowest BCUT2D eigenvalue weighted by Crippen LogP contribution is -2.17. The predicted octanol–water partition coefficient (Wildman–Crippen LogP) is 3.42. The average molecular weight is 287 g/mol. The third-order valence-electron chi connectivity index (χ3n) is 2.76. The fourth-order valence-electron chi connectivity index (χ4n) is 1.69. The highest BCUT2D eigenvalue weighted by Gasteiger charge is 2.00. The number of carbonyl (C=O) groups is 1. The van der Waals surface area contributed by atoms with Crippen LogP contribution in [0, 0.1) is 0 Å².